The lowest BCUT2D eigenvalue weighted by Crippen LogP contribution is -2.46. The van der Waals surface area contributed by atoms with Crippen LogP contribution in [0.15, 0.2) is 12.1 Å². The van der Waals surface area contributed by atoms with Crippen molar-refractivity contribution in [1.82, 2.24) is 4.90 Å². The van der Waals surface area contributed by atoms with E-state index in [1.807, 2.05) is 0 Å². The van der Waals surface area contributed by atoms with Crippen LogP contribution in [0.5, 0.6) is 5.75 Å². The third-order valence-electron chi connectivity index (χ3n) is 3.90. The maximum atomic E-state index is 6.70. The molecule has 0 aromatic heterocycles. The standard InChI is InChI=1S/C17H26ClNO2/c1-11-6-12(2)17(20-5)15(7-11)16(18)10-19-8-13(3)21-14(4)9-19/h6-7,13-14,16H,8-10H2,1-5H3. The van der Waals surface area contributed by atoms with Crippen molar-refractivity contribution in [1.29, 1.82) is 0 Å². The van der Waals surface area contributed by atoms with E-state index in [1.165, 1.54) is 5.56 Å². The highest BCUT2D eigenvalue weighted by Gasteiger charge is 2.25. The summed E-state index contributed by atoms with van der Waals surface area (Å²) in [5.74, 6) is 0.912. The first-order valence-corrected chi connectivity index (χ1v) is 8.01. The summed E-state index contributed by atoms with van der Waals surface area (Å²) < 4.78 is 11.3. The van der Waals surface area contributed by atoms with Crippen molar-refractivity contribution in [2.24, 2.45) is 0 Å². The van der Waals surface area contributed by atoms with Gasteiger partial charge in [-0.2, -0.15) is 0 Å². The van der Waals surface area contributed by atoms with Crippen LogP contribution >= 0.6 is 11.6 Å². The molecule has 1 fully saturated rings. The zero-order valence-electron chi connectivity index (χ0n) is 13.6. The number of halogens is 1. The molecule has 21 heavy (non-hydrogen) atoms. The molecule has 0 spiro atoms. The predicted molar refractivity (Wildman–Crippen MR) is 87.5 cm³/mol. The van der Waals surface area contributed by atoms with E-state index in [4.69, 9.17) is 21.1 Å². The van der Waals surface area contributed by atoms with Crippen molar-refractivity contribution in [3.63, 3.8) is 0 Å². The van der Waals surface area contributed by atoms with Crippen molar-refractivity contribution in [3.05, 3.63) is 28.8 Å². The van der Waals surface area contributed by atoms with Crippen LogP contribution in [0, 0.1) is 13.8 Å². The minimum absolute atomic E-state index is 0.0731. The van der Waals surface area contributed by atoms with Gasteiger partial charge in [0.1, 0.15) is 5.75 Å². The van der Waals surface area contributed by atoms with Crippen molar-refractivity contribution in [2.45, 2.75) is 45.3 Å². The highest BCUT2D eigenvalue weighted by Crippen LogP contribution is 2.34. The average molecular weight is 312 g/mol. The van der Waals surface area contributed by atoms with Crippen molar-refractivity contribution >= 4 is 11.6 Å². The molecule has 0 radical (unpaired) electrons. The third-order valence-corrected chi connectivity index (χ3v) is 4.28. The van der Waals surface area contributed by atoms with Gasteiger partial charge < -0.3 is 9.47 Å². The summed E-state index contributed by atoms with van der Waals surface area (Å²) in [5.41, 5.74) is 3.45. The van der Waals surface area contributed by atoms with E-state index >= 15 is 0 Å². The molecule has 1 heterocycles. The molecule has 0 saturated carbocycles. The Balaban J connectivity index is 2.14. The summed E-state index contributed by atoms with van der Waals surface area (Å²) in [6.45, 7) is 11.1. The van der Waals surface area contributed by atoms with E-state index in [-0.39, 0.29) is 17.6 Å². The fourth-order valence-corrected chi connectivity index (χ4v) is 3.61. The largest absolute Gasteiger partial charge is 0.496 e. The minimum Gasteiger partial charge on any atom is -0.496 e. The number of morpholine rings is 1. The van der Waals surface area contributed by atoms with Gasteiger partial charge in [0, 0.05) is 25.2 Å². The molecule has 1 saturated heterocycles. The number of hydrogen-bond donors (Lipinski definition) is 0. The van der Waals surface area contributed by atoms with E-state index in [0.29, 0.717) is 0 Å². The zero-order chi connectivity index (χ0) is 15.6. The number of nitrogens with zero attached hydrogens (tertiary/aromatic N) is 1. The summed E-state index contributed by atoms with van der Waals surface area (Å²) in [7, 11) is 1.71. The first-order valence-electron chi connectivity index (χ1n) is 7.57. The van der Waals surface area contributed by atoms with Gasteiger partial charge in [0.15, 0.2) is 0 Å². The Hall–Kier alpha value is -0.770. The van der Waals surface area contributed by atoms with Gasteiger partial charge in [-0.3, -0.25) is 4.90 Å². The molecule has 3 nitrogen and oxygen atoms in total. The van der Waals surface area contributed by atoms with Gasteiger partial charge in [0.05, 0.1) is 24.7 Å². The van der Waals surface area contributed by atoms with Crippen LogP contribution in [0.25, 0.3) is 0 Å². The maximum absolute atomic E-state index is 6.70. The number of aryl methyl sites for hydroxylation is 2. The Morgan fingerprint density at radius 3 is 2.48 bits per heavy atom. The summed E-state index contributed by atoms with van der Waals surface area (Å²) in [5, 5.41) is -0.0731. The third kappa shape index (κ3) is 4.12. The van der Waals surface area contributed by atoms with E-state index in [9.17, 15) is 0 Å². The minimum atomic E-state index is -0.0731. The second-order valence-corrected chi connectivity index (χ2v) is 6.67. The molecule has 0 aliphatic carbocycles. The Morgan fingerprint density at radius 1 is 1.29 bits per heavy atom. The zero-order valence-corrected chi connectivity index (χ0v) is 14.4. The second kappa shape index (κ2) is 6.99. The Kier molecular flexibility index (Phi) is 5.53. The van der Waals surface area contributed by atoms with Crippen LogP contribution in [0.3, 0.4) is 0 Å². The van der Waals surface area contributed by atoms with Gasteiger partial charge in [-0.25, -0.2) is 0 Å². The number of rotatable bonds is 4. The quantitative estimate of drug-likeness (QED) is 0.791. The molecular weight excluding hydrogens is 286 g/mol. The van der Waals surface area contributed by atoms with Crippen molar-refractivity contribution in [3.8, 4) is 5.75 Å². The lowest BCUT2D eigenvalue weighted by Gasteiger charge is -2.36. The molecule has 0 bridgehead atoms. The Labute approximate surface area is 133 Å². The van der Waals surface area contributed by atoms with Crippen LogP contribution < -0.4 is 4.74 Å². The lowest BCUT2D eigenvalue weighted by atomic mass is 10.0. The van der Waals surface area contributed by atoms with Crippen LogP contribution in [0.1, 0.15) is 35.9 Å². The number of hydrogen-bond acceptors (Lipinski definition) is 3. The van der Waals surface area contributed by atoms with Gasteiger partial charge in [0.25, 0.3) is 0 Å². The van der Waals surface area contributed by atoms with Gasteiger partial charge >= 0.3 is 0 Å². The van der Waals surface area contributed by atoms with Crippen molar-refractivity contribution in [2.75, 3.05) is 26.7 Å². The summed E-state index contributed by atoms with van der Waals surface area (Å²) >= 11 is 6.70. The van der Waals surface area contributed by atoms with E-state index < -0.39 is 0 Å². The molecule has 1 aliphatic rings. The molecule has 1 aromatic carbocycles. The molecule has 1 aliphatic heterocycles. The molecular formula is C17H26ClNO2. The Morgan fingerprint density at radius 2 is 1.90 bits per heavy atom. The number of ether oxygens (including phenoxy) is 2. The fraction of sp³-hybridized carbons (Fsp3) is 0.647. The monoisotopic (exact) mass is 311 g/mol. The summed E-state index contributed by atoms with van der Waals surface area (Å²) in [4.78, 5) is 2.38. The molecule has 0 N–H and O–H groups in total. The predicted octanol–water partition coefficient (Wildman–Crippen LogP) is 3.70. The highest BCUT2D eigenvalue weighted by atomic mass is 35.5. The van der Waals surface area contributed by atoms with Gasteiger partial charge in [-0.15, -0.1) is 11.6 Å². The van der Waals surface area contributed by atoms with Crippen molar-refractivity contribution < 1.29 is 9.47 Å². The number of alkyl halides is 1. The first kappa shape index (κ1) is 16.6. The van der Waals surface area contributed by atoms with Gasteiger partial charge in [-0.05, 0) is 33.3 Å². The maximum Gasteiger partial charge on any atom is 0.126 e. The SMILES string of the molecule is COc1c(C)cc(C)cc1C(Cl)CN1CC(C)OC(C)C1. The smallest absolute Gasteiger partial charge is 0.126 e. The van der Waals surface area contributed by atoms with Crippen LogP contribution in [0.4, 0.5) is 0 Å². The highest BCUT2D eigenvalue weighted by molar-refractivity contribution is 6.21. The average Bonchev–Trinajstić information content (AvgIpc) is 2.36. The topological polar surface area (TPSA) is 21.7 Å². The lowest BCUT2D eigenvalue weighted by molar-refractivity contribution is -0.0678. The van der Waals surface area contributed by atoms with E-state index in [1.54, 1.807) is 7.11 Å². The summed E-state index contributed by atoms with van der Waals surface area (Å²) in [6.07, 6.45) is 0.525. The van der Waals surface area contributed by atoms with E-state index in [2.05, 4.69) is 44.7 Å². The first-order chi connectivity index (χ1) is 9.90. The van der Waals surface area contributed by atoms with E-state index in [0.717, 1.165) is 36.5 Å². The van der Waals surface area contributed by atoms with Crippen LogP contribution in [0.2, 0.25) is 0 Å². The van der Waals surface area contributed by atoms with Crippen LogP contribution in [-0.4, -0.2) is 43.9 Å². The molecule has 3 atom stereocenters. The molecule has 118 valence electrons. The second-order valence-electron chi connectivity index (χ2n) is 6.15. The molecule has 0 amide bonds. The summed E-state index contributed by atoms with van der Waals surface area (Å²) in [6, 6.07) is 4.27. The Bertz CT molecular complexity index is 482. The molecule has 2 rings (SSSR count). The number of benzene rings is 1. The molecule has 4 heteroatoms. The fourth-order valence-electron chi connectivity index (χ4n) is 3.26. The van der Waals surface area contributed by atoms with Crippen LogP contribution in [-0.2, 0) is 4.74 Å². The normalized spacial score (nSPS) is 24.9. The molecule has 1 aromatic rings. The van der Waals surface area contributed by atoms with Gasteiger partial charge in [-0.1, -0.05) is 17.7 Å². The van der Waals surface area contributed by atoms with Gasteiger partial charge in [0.2, 0.25) is 0 Å². The number of methoxy groups -OCH3 is 1. The molecule has 3 unspecified atom stereocenters.